The highest BCUT2D eigenvalue weighted by atomic mass is 79.9. The lowest BCUT2D eigenvalue weighted by molar-refractivity contribution is 0.199. The van der Waals surface area contributed by atoms with Gasteiger partial charge in [-0.05, 0) is 71.6 Å². The zero-order valence-electron chi connectivity index (χ0n) is 13.0. The second kappa shape index (κ2) is 6.07. The highest BCUT2D eigenvalue weighted by Gasteiger charge is 2.29. The molecule has 1 fully saturated rings. The van der Waals surface area contributed by atoms with Gasteiger partial charge in [-0.3, -0.25) is 0 Å². The third-order valence-corrected chi connectivity index (χ3v) is 5.33. The Morgan fingerprint density at radius 1 is 1.30 bits per heavy atom. The highest BCUT2D eigenvalue weighted by Crippen LogP contribution is 2.39. The van der Waals surface area contributed by atoms with Crippen molar-refractivity contribution in [1.29, 1.82) is 0 Å². The van der Waals surface area contributed by atoms with Crippen LogP contribution in [0.15, 0.2) is 22.7 Å². The van der Waals surface area contributed by atoms with Crippen LogP contribution in [0.3, 0.4) is 0 Å². The summed E-state index contributed by atoms with van der Waals surface area (Å²) in [6.45, 7) is 6.54. The number of aliphatic hydroxyl groups is 1. The summed E-state index contributed by atoms with van der Waals surface area (Å²) in [6, 6.07) is 6.79. The summed E-state index contributed by atoms with van der Waals surface area (Å²) in [5, 5.41) is 9.65. The van der Waals surface area contributed by atoms with Gasteiger partial charge in [0.25, 0.3) is 0 Å². The molecule has 1 aromatic carbocycles. The van der Waals surface area contributed by atoms with Crippen molar-refractivity contribution in [3.63, 3.8) is 0 Å². The average Bonchev–Trinajstić information content (AvgIpc) is 2.37. The van der Waals surface area contributed by atoms with Crippen molar-refractivity contribution >= 4 is 21.6 Å². The molecule has 0 aromatic heterocycles. The molecule has 0 saturated heterocycles. The first-order valence-corrected chi connectivity index (χ1v) is 8.30. The van der Waals surface area contributed by atoms with Crippen molar-refractivity contribution in [2.24, 2.45) is 5.41 Å². The lowest BCUT2D eigenvalue weighted by atomic mass is 9.75. The lowest BCUT2D eigenvalue weighted by Crippen LogP contribution is -2.37. The minimum Gasteiger partial charge on any atom is -0.389 e. The van der Waals surface area contributed by atoms with Gasteiger partial charge >= 0.3 is 0 Å². The zero-order chi connectivity index (χ0) is 14.9. The standard InChI is InChI=1S/C17H26BrNO/c1-12(20)13-5-6-16(15(18)11-13)19(4)14-7-9-17(2,3)10-8-14/h5-6,11-12,14,20H,7-10H2,1-4H3. The molecule has 112 valence electrons. The number of halogens is 1. The molecule has 1 aliphatic rings. The zero-order valence-corrected chi connectivity index (χ0v) is 14.6. The first-order valence-electron chi connectivity index (χ1n) is 7.50. The summed E-state index contributed by atoms with van der Waals surface area (Å²) in [7, 11) is 2.19. The predicted octanol–water partition coefficient (Wildman–Crippen LogP) is 4.91. The fraction of sp³-hybridized carbons (Fsp3) is 0.647. The van der Waals surface area contributed by atoms with E-state index in [1.54, 1.807) is 6.92 Å². The molecule has 1 atom stereocenters. The van der Waals surface area contributed by atoms with Crippen molar-refractivity contribution in [2.45, 2.75) is 58.6 Å². The molecule has 0 amide bonds. The third-order valence-electron chi connectivity index (χ3n) is 4.69. The number of nitrogens with zero attached hydrogens (tertiary/aromatic N) is 1. The average molecular weight is 340 g/mol. The fourth-order valence-corrected chi connectivity index (χ4v) is 3.71. The van der Waals surface area contributed by atoms with Crippen LogP contribution in [0.25, 0.3) is 0 Å². The van der Waals surface area contributed by atoms with E-state index in [1.807, 2.05) is 12.1 Å². The van der Waals surface area contributed by atoms with E-state index in [1.165, 1.54) is 31.4 Å². The summed E-state index contributed by atoms with van der Waals surface area (Å²) in [5.74, 6) is 0. The number of hydrogen-bond donors (Lipinski definition) is 1. The van der Waals surface area contributed by atoms with Gasteiger partial charge in [-0.1, -0.05) is 19.9 Å². The van der Waals surface area contributed by atoms with Crippen LogP contribution >= 0.6 is 15.9 Å². The molecule has 0 aliphatic heterocycles. The van der Waals surface area contributed by atoms with Crippen molar-refractivity contribution in [3.05, 3.63) is 28.2 Å². The maximum atomic E-state index is 9.65. The topological polar surface area (TPSA) is 23.5 Å². The molecule has 1 unspecified atom stereocenters. The number of anilines is 1. The smallest absolute Gasteiger partial charge is 0.0762 e. The van der Waals surface area contributed by atoms with E-state index in [0.29, 0.717) is 11.5 Å². The van der Waals surface area contributed by atoms with Gasteiger partial charge in [0.2, 0.25) is 0 Å². The maximum Gasteiger partial charge on any atom is 0.0762 e. The van der Waals surface area contributed by atoms with Gasteiger partial charge in [0, 0.05) is 17.6 Å². The molecule has 2 nitrogen and oxygen atoms in total. The number of hydrogen-bond acceptors (Lipinski definition) is 2. The van der Waals surface area contributed by atoms with Gasteiger partial charge < -0.3 is 10.0 Å². The van der Waals surface area contributed by atoms with Gasteiger partial charge in [0.1, 0.15) is 0 Å². The summed E-state index contributed by atoms with van der Waals surface area (Å²) >= 11 is 3.65. The first-order chi connectivity index (χ1) is 9.30. The molecule has 2 rings (SSSR count). The Kier molecular flexibility index (Phi) is 4.80. The molecule has 1 N–H and O–H groups in total. The molecular formula is C17H26BrNO. The third kappa shape index (κ3) is 3.56. The van der Waals surface area contributed by atoms with Gasteiger partial charge in [-0.15, -0.1) is 0 Å². The molecule has 1 aromatic rings. The van der Waals surface area contributed by atoms with Gasteiger partial charge in [-0.2, -0.15) is 0 Å². The second-order valence-corrected chi connectivity index (χ2v) is 7.75. The molecule has 0 radical (unpaired) electrons. The van der Waals surface area contributed by atoms with Crippen molar-refractivity contribution < 1.29 is 5.11 Å². The Balaban J connectivity index is 2.12. The molecule has 1 aliphatic carbocycles. The quantitative estimate of drug-likeness (QED) is 0.845. The van der Waals surface area contributed by atoms with Crippen LogP contribution in [-0.4, -0.2) is 18.2 Å². The normalized spacial score (nSPS) is 20.7. The minimum atomic E-state index is -0.416. The predicted molar refractivity (Wildman–Crippen MR) is 89.2 cm³/mol. The molecular weight excluding hydrogens is 314 g/mol. The van der Waals surface area contributed by atoms with Gasteiger partial charge in [-0.25, -0.2) is 0 Å². The Morgan fingerprint density at radius 3 is 2.40 bits per heavy atom. The Bertz CT molecular complexity index is 460. The summed E-state index contributed by atoms with van der Waals surface area (Å²) in [5.41, 5.74) is 2.68. The molecule has 0 spiro atoms. The molecule has 3 heteroatoms. The molecule has 0 heterocycles. The summed E-state index contributed by atoms with van der Waals surface area (Å²) in [4.78, 5) is 2.39. The van der Waals surface area contributed by atoms with E-state index in [4.69, 9.17) is 0 Å². The highest BCUT2D eigenvalue weighted by molar-refractivity contribution is 9.10. The fourth-order valence-electron chi connectivity index (χ4n) is 3.04. The van der Waals surface area contributed by atoms with Crippen LogP contribution in [0.5, 0.6) is 0 Å². The van der Waals surface area contributed by atoms with Gasteiger partial charge in [0.15, 0.2) is 0 Å². The van der Waals surface area contributed by atoms with Crippen LogP contribution in [0.4, 0.5) is 5.69 Å². The van der Waals surface area contributed by atoms with Crippen LogP contribution < -0.4 is 4.90 Å². The maximum absolute atomic E-state index is 9.65. The van der Waals surface area contributed by atoms with E-state index < -0.39 is 6.10 Å². The Morgan fingerprint density at radius 2 is 1.90 bits per heavy atom. The summed E-state index contributed by atoms with van der Waals surface area (Å²) < 4.78 is 1.07. The SMILES string of the molecule is CC(O)c1ccc(N(C)C2CCC(C)(C)CC2)c(Br)c1. The molecule has 1 saturated carbocycles. The van der Waals surface area contributed by atoms with E-state index in [9.17, 15) is 5.11 Å². The Hall–Kier alpha value is -0.540. The van der Waals surface area contributed by atoms with E-state index in [0.717, 1.165) is 10.0 Å². The monoisotopic (exact) mass is 339 g/mol. The number of benzene rings is 1. The Labute approximate surface area is 131 Å². The van der Waals surface area contributed by atoms with Crippen LogP contribution in [0.1, 0.15) is 58.1 Å². The van der Waals surface area contributed by atoms with Crippen LogP contribution in [0.2, 0.25) is 0 Å². The number of rotatable bonds is 3. The number of aliphatic hydroxyl groups excluding tert-OH is 1. The van der Waals surface area contributed by atoms with Crippen molar-refractivity contribution in [2.75, 3.05) is 11.9 Å². The van der Waals surface area contributed by atoms with Crippen molar-refractivity contribution in [3.8, 4) is 0 Å². The first kappa shape index (κ1) is 15.8. The second-order valence-electron chi connectivity index (χ2n) is 6.89. The van der Waals surface area contributed by atoms with Crippen molar-refractivity contribution in [1.82, 2.24) is 0 Å². The molecule has 20 heavy (non-hydrogen) atoms. The van der Waals surface area contributed by atoms with E-state index >= 15 is 0 Å². The van der Waals surface area contributed by atoms with Crippen LogP contribution in [0, 0.1) is 5.41 Å². The summed E-state index contributed by atoms with van der Waals surface area (Å²) in [6.07, 6.45) is 4.69. The largest absolute Gasteiger partial charge is 0.389 e. The van der Waals surface area contributed by atoms with E-state index in [-0.39, 0.29) is 0 Å². The lowest BCUT2D eigenvalue weighted by Gasteiger charge is -2.40. The van der Waals surface area contributed by atoms with Crippen LogP contribution in [-0.2, 0) is 0 Å². The minimum absolute atomic E-state index is 0.416. The molecule has 0 bridgehead atoms. The van der Waals surface area contributed by atoms with Gasteiger partial charge in [0.05, 0.1) is 11.8 Å². The van der Waals surface area contributed by atoms with E-state index in [2.05, 4.69) is 47.8 Å².